The smallest absolute Gasteiger partial charge is 0.128 e. The van der Waals surface area contributed by atoms with Crippen molar-refractivity contribution in [3.63, 3.8) is 0 Å². The Labute approximate surface area is 89.4 Å². The predicted octanol–water partition coefficient (Wildman–Crippen LogP) is 1.80. The Morgan fingerprint density at radius 1 is 1.40 bits per heavy atom. The van der Waals surface area contributed by atoms with E-state index in [1.807, 2.05) is 7.05 Å². The van der Waals surface area contributed by atoms with Crippen LogP contribution in [0.3, 0.4) is 0 Å². The highest BCUT2D eigenvalue weighted by Crippen LogP contribution is 2.14. The fourth-order valence-electron chi connectivity index (χ4n) is 1.10. The van der Waals surface area contributed by atoms with Gasteiger partial charge in [-0.2, -0.15) is 0 Å². The number of ether oxygens (including phenoxy) is 1. The van der Waals surface area contributed by atoms with Crippen molar-refractivity contribution in [1.29, 1.82) is 0 Å². The van der Waals surface area contributed by atoms with Gasteiger partial charge in [0.05, 0.1) is 7.11 Å². The summed E-state index contributed by atoms with van der Waals surface area (Å²) in [5, 5.41) is 2.99. The summed E-state index contributed by atoms with van der Waals surface area (Å²) in [4.78, 5) is 0. The molecule has 15 heavy (non-hydrogen) atoms. The lowest BCUT2D eigenvalue weighted by atomic mass is 10.2. The minimum Gasteiger partial charge on any atom is -0.497 e. The van der Waals surface area contributed by atoms with Crippen molar-refractivity contribution in [3.8, 4) is 17.6 Å². The van der Waals surface area contributed by atoms with E-state index in [2.05, 4.69) is 17.2 Å². The minimum absolute atomic E-state index is 0.327. The Morgan fingerprint density at radius 3 is 2.87 bits per heavy atom. The Hall–Kier alpha value is -1.53. The van der Waals surface area contributed by atoms with Crippen LogP contribution in [0.25, 0.3) is 0 Å². The second kappa shape index (κ2) is 6.05. The Kier molecular flexibility index (Phi) is 4.65. The van der Waals surface area contributed by atoms with Gasteiger partial charge in [0.15, 0.2) is 0 Å². The molecule has 0 fully saturated rings. The fraction of sp³-hybridized carbons (Fsp3) is 0.333. The van der Waals surface area contributed by atoms with Crippen LogP contribution >= 0.6 is 0 Å². The van der Waals surface area contributed by atoms with E-state index >= 15 is 0 Å². The molecule has 0 aliphatic carbocycles. The molecule has 1 aromatic carbocycles. The number of methoxy groups -OCH3 is 1. The third-order valence-electron chi connectivity index (χ3n) is 1.84. The maximum absolute atomic E-state index is 13.0. The lowest BCUT2D eigenvalue weighted by molar-refractivity contribution is 0.411. The van der Waals surface area contributed by atoms with Gasteiger partial charge in [0.1, 0.15) is 11.6 Å². The van der Waals surface area contributed by atoms with Crippen LogP contribution in [0.5, 0.6) is 5.75 Å². The summed E-state index contributed by atoms with van der Waals surface area (Å²) in [5.74, 6) is 6.00. The third kappa shape index (κ3) is 4.01. The summed E-state index contributed by atoms with van der Waals surface area (Å²) >= 11 is 0. The molecule has 0 unspecified atom stereocenters. The van der Waals surface area contributed by atoms with Gasteiger partial charge >= 0.3 is 0 Å². The molecule has 1 N–H and O–H groups in total. The first-order chi connectivity index (χ1) is 7.26. The average Bonchev–Trinajstić information content (AvgIpc) is 2.23. The molecule has 2 nitrogen and oxygen atoms in total. The molecule has 80 valence electrons. The molecule has 0 heterocycles. The van der Waals surface area contributed by atoms with Crippen molar-refractivity contribution < 1.29 is 9.13 Å². The van der Waals surface area contributed by atoms with Crippen LogP contribution in [0.2, 0.25) is 0 Å². The van der Waals surface area contributed by atoms with Gasteiger partial charge in [-0.05, 0) is 19.2 Å². The number of hydrogen-bond acceptors (Lipinski definition) is 2. The van der Waals surface area contributed by atoms with Crippen molar-refractivity contribution >= 4 is 0 Å². The van der Waals surface area contributed by atoms with Crippen molar-refractivity contribution in [2.75, 3.05) is 20.7 Å². The molecule has 0 amide bonds. The highest BCUT2D eigenvalue weighted by atomic mass is 19.1. The fourth-order valence-corrected chi connectivity index (χ4v) is 1.10. The number of hydrogen-bond donors (Lipinski definition) is 1. The number of rotatable bonds is 3. The Balaban J connectivity index is 2.74. The highest BCUT2D eigenvalue weighted by Gasteiger charge is 1.97. The predicted molar refractivity (Wildman–Crippen MR) is 58.4 cm³/mol. The maximum Gasteiger partial charge on any atom is 0.128 e. The van der Waals surface area contributed by atoms with Crippen LogP contribution in [0, 0.1) is 17.7 Å². The van der Waals surface area contributed by atoms with Crippen molar-refractivity contribution in [2.24, 2.45) is 0 Å². The van der Waals surface area contributed by atoms with Gasteiger partial charge in [0.25, 0.3) is 0 Å². The van der Waals surface area contributed by atoms with Gasteiger partial charge in [-0.1, -0.05) is 11.8 Å². The maximum atomic E-state index is 13.0. The summed E-state index contributed by atoms with van der Waals surface area (Å²) in [5.41, 5.74) is 0.642. The van der Waals surface area contributed by atoms with E-state index in [1.54, 1.807) is 6.07 Å². The Bertz CT molecular complexity index is 379. The van der Waals surface area contributed by atoms with Crippen LogP contribution in [0.1, 0.15) is 12.0 Å². The molecule has 0 aliphatic heterocycles. The zero-order valence-corrected chi connectivity index (χ0v) is 8.93. The van der Waals surface area contributed by atoms with E-state index in [0.717, 1.165) is 13.0 Å². The molecule has 0 saturated heterocycles. The molecular weight excluding hydrogens is 193 g/mol. The SMILES string of the molecule is CNCCC#Cc1cc(F)cc(OC)c1. The molecule has 0 radical (unpaired) electrons. The Morgan fingerprint density at radius 2 is 2.20 bits per heavy atom. The van der Waals surface area contributed by atoms with Crippen molar-refractivity contribution in [2.45, 2.75) is 6.42 Å². The number of benzene rings is 1. The standard InChI is InChI=1S/C12H14FNO/c1-14-6-4-3-5-10-7-11(13)9-12(8-10)15-2/h7-9,14H,4,6H2,1-2H3. The molecule has 0 aliphatic rings. The molecule has 3 heteroatoms. The first-order valence-corrected chi connectivity index (χ1v) is 4.74. The topological polar surface area (TPSA) is 21.3 Å². The lowest BCUT2D eigenvalue weighted by Crippen LogP contribution is -2.05. The first-order valence-electron chi connectivity index (χ1n) is 4.74. The normalized spacial score (nSPS) is 9.27. The monoisotopic (exact) mass is 207 g/mol. The van der Waals surface area contributed by atoms with Crippen molar-refractivity contribution in [1.82, 2.24) is 5.32 Å². The molecule has 0 aromatic heterocycles. The van der Waals surface area contributed by atoms with Crippen LogP contribution in [-0.2, 0) is 0 Å². The average molecular weight is 207 g/mol. The molecular formula is C12H14FNO. The van der Waals surface area contributed by atoms with Crippen LogP contribution < -0.4 is 10.1 Å². The van der Waals surface area contributed by atoms with Gasteiger partial charge in [-0.15, -0.1) is 0 Å². The van der Waals surface area contributed by atoms with Gasteiger partial charge in [0.2, 0.25) is 0 Å². The van der Waals surface area contributed by atoms with E-state index in [1.165, 1.54) is 19.2 Å². The van der Waals surface area contributed by atoms with E-state index in [9.17, 15) is 4.39 Å². The number of nitrogens with one attached hydrogen (secondary N) is 1. The van der Waals surface area contributed by atoms with Gasteiger partial charge in [-0.25, -0.2) is 4.39 Å². The van der Waals surface area contributed by atoms with Crippen LogP contribution in [0.4, 0.5) is 4.39 Å². The summed E-state index contributed by atoms with van der Waals surface area (Å²) in [6, 6.07) is 4.45. The first kappa shape index (κ1) is 11.5. The molecule has 0 saturated carbocycles. The minimum atomic E-state index is -0.327. The van der Waals surface area contributed by atoms with E-state index < -0.39 is 0 Å². The third-order valence-corrected chi connectivity index (χ3v) is 1.84. The summed E-state index contributed by atoms with van der Waals surface area (Å²) in [6.07, 6.45) is 0.745. The molecule has 0 bridgehead atoms. The number of halogens is 1. The van der Waals surface area contributed by atoms with Crippen molar-refractivity contribution in [3.05, 3.63) is 29.6 Å². The molecule has 1 rings (SSSR count). The van der Waals surface area contributed by atoms with Gasteiger partial charge in [0, 0.05) is 24.6 Å². The zero-order chi connectivity index (χ0) is 11.1. The van der Waals surface area contributed by atoms with E-state index in [-0.39, 0.29) is 5.82 Å². The van der Waals surface area contributed by atoms with E-state index in [0.29, 0.717) is 11.3 Å². The summed E-state index contributed by atoms with van der Waals surface area (Å²) in [6.45, 7) is 0.833. The van der Waals surface area contributed by atoms with Gasteiger partial charge < -0.3 is 10.1 Å². The molecule has 1 aromatic rings. The lowest BCUT2D eigenvalue weighted by Gasteiger charge is -1.99. The highest BCUT2D eigenvalue weighted by molar-refractivity contribution is 5.40. The molecule has 0 spiro atoms. The van der Waals surface area contributed by atoms with Gasteiger partial charge in [-0.3, -0.25) is 0 Å². The molecule has 0 atom stereocenters. The zero-order valence-electron chi connectivity index (χ0n) is 8.93. The second-order valence-electron chi connectivity index (χ2n) is 3.04. The summed E-state index contributed by atoms with van der Waals surface area (Å²) in [7, 11) is 3.37. The quantitative estimate of drug-likeness (QED) is 0.602. The largest absolute Gasteiger partial charge is 0.497 e. The van der Waals surface area contributed by atoms with Crippen LogP contribution in [-0.4, -0.2) is 20.7 Å². The summed E-state index contributed by atoms with van der Waals surface area (Å²) < 4.78 is 18.0. The van der Waals surface area contributed by atoms with E-state index in [4.69, 9.17) is 4.74 Å². The van der Waals surface area contributed by atoms with Crippen LogP contribution in [0.15, 0.2) is 18.2 Å². The second-order valence-corrected chi connectivity index (χ2v) is 3.04.